The van der Waals surface area contributed by atoms with Gasteiger partial charge in [0.15, 0.2) is 0 Å². The number of rotatable bonds is 18. The highest BCUT2D eigenvalue weighted by Crippen LogP contribution is 2.43. The van der Waals surface area contributed by atoms with Crippen molar-refractivity contribution in [3.63, 3.8) is 0 Å². The molecule has 1 aliphatic carbocycles. The van der Waals surface area contributed by atoms with Gasteiger partial charge in [0, 0.05) is 90.4 Å². The van der Waals surface area contributed by atoms with Gasteiger partial charge in [0.2, 0.25) is 0 Å². The minimum absolute atomic E-state index is 0.139. The number of sulfonamides is 1. The predicted molar refractivity (Wildman–Crippen MR) is 266 cm³/mol. The zero-order valence-electron chi connectivity index (χ0n) is 38.1. The Bertz CT molecular complexity index is 2380. The van der Waals surface area contributed by atoms with Gasteiger partial charge in [-0.1, -0.05) is 75.2 Å². The Morgan fingerprint density at radius 2 is 1.60 bits per heavy atom. The summed E-state index contributed by atoms with van der Waals surface area (Å²) in [5, 5.41) is 20.2. The first-order valence-corrected chi connectivity index (χ1v) is 25.8. The van der Waals surface area contributed by atoms with Gasteiger partial charge in [-0.25, -0.2) is 13.1 Å². The van der Waals surface area contributed by atoms with Gasteiger partial charge in [0.05, 0.1) is 9.82 Å². The molecule has 2 heterocycles. The zero-order chi connectivity index (χ0) is 46.1. The average molecular weight is 943 g/mol. The molecular formula is C50H64ClN7O5S2. The molecule has 1 amide bonds. The molecular weight excluding hydrogens is 878 g/mol. The molecule has 4 aromatic carbocycles. The largest absolute Gasteiger partial charge is 0.376 e. The third kappa shape index (κ3) is 13.6. The van der Waals surface area contributed by atoms with E-state index in [2.05, 4.69) is 69.9 Å². The quantitative estimate of drug-likeness (QED) is 0.0499. The van der Waals surface area contributed by atoms with Gasteiger partial charge in [0.25, 0.3) is 21.6 Å². The van der Waals surface area contributed by atoms with Crippen LogP contribution < -0.4 is 20.3 Å². The van der Waals surface area contributed by atoms with Crippen molar-refractivity contribution in [3.05, 3.63) is 129 Å². The Hall–Kier alpha value is -4.44. The van der Waals surface area contributed by atoms with E-state index in [1.165, 1.54) is 28.8 Å². The number of piperidine rings is 1. The molecule has 348 valence electrons. The summed E-state index contributed by atoms with van der Waals surface area (Å²) in [5.41, 5.74) is 5.43. The van der Waals surface area contributed by atoms with E-state index >= 15 is 0 Å². The predicted octanol–water partition coefficient (Wildman–Crippen LogP) is 9.58. The van der Waals surface area contributed by atoms with E-state index in [9.17, 15) is 23.3 Å². The lowest BCUT2D eigenvalue weighted by molar-refractivity contribution is -0.384. The first-order valence-electron chi connectivity index (χ1n) is 22.9. The molecule has 3 N–H and O–H groups in total. The number of anilines is 2. The maximum atomic E-state index is 13.6. The van der Waals surface area contributed by atoms with Crippen LogP contribution in [0.5, 0.6) is 0 Å². The summed E-state index contributed by atoms with van der Waals surface area (Å²) in [7, 11) is -4.45. The van der Waals surface area contributed by atoms with Gasteiger partial charge in [0.1, 0.15) is 5.69 Å². The highest BCUT2D eigenvalue weighted by Gasteiger charge is 2.30. The molecule has 0 spiro atoms. The molecule has 7 rings (SSSR count). The first kappa shape index (κ1) is 48.5. The van der Waals surface area contributed by atoms with Gasteiger partial charge in [-0.15, -0.1) is 11.8 Å². The number of nitro benzene ring substituents is 1. The number of benzene rings is 4. The Kier molecular flexibility index (Phi) is 16.3. The van der Waals surface area contributed by atoms with Crippen molar-refractivity contribution in [1.82, 2.24) is 19.8 Å². The molecule has 0 aromatic heterocycles. The van der Waals surface area contributed by atoms with E-state index in [0.29, 0.717) is 17.8 Å². The lowest BCUT2D eigenvalue weighted by Gasteiger charge is -2.39. The summed E-state index contributed by atoms with van der Waals surface area (Å²) in [6.07, 6.45) is 6.17. The minimum atomic E-state index is -4.45. The molecule has 4 aromatic rings. The van der Waals surface area contributed by atoms with Crippen molar-refractivity contribution in [3.8, 4) is 0 Å². The molecule has 12 nitrogen and oxygen atoms in total. The fourth-order valence-electron chi connectivity index (χ4n) is 9.28. The first-order chi connectivity index (χ1) is 31.1. The molecule has 2 saturated heterocycles. The molecule has 0 saturated carbocycles. The van der Waals surface area contributed by atoms with E-state index in [4.69, 9.17) is 11.6 Å². The van der Waals surface area contributed by atoms with E-state index in [0.717, 1.165) is 113 Å². The fourth-order valence-corrected chi connectivity index (χ4v) is 11.4. The van der Waals surface area contributed by atoms with Crippen LogP contribution in [0.2, 0.25) is 5.02 Å². The SMILES string of the molecule is CC(C)NC1CCN(CC[C@H](CSc2ccccc2)Nc2ccc(S(=O)(=O)NC(=O)c3ccc(N4CCN(CC5=C(c6ccc(Cl)cc6)CCC(C)(C)C5)CC4)cc3)cc2[N+](=O)[O-])CC1. The van der Waals surface area contributed by atoms with Crippen LogP contribution in [0.1, 0.15) is 82.1 Å². The van der Waals surface area contributed by atoms with E-state index < -0.39 is 20.9 Å². The topological polar surface area (TPSA) is 140 Å². The lowest BCUT2D eigenvalue weighted by atomic mass is 9.73. The second-order valence-corrected chi connectivity index (χ2v) is 22.0. The Balaban J connectivity index is 0.956. The number of amides is 1. The molecule has 1 atom stereocenters. The number of nitrogens with one attached hydrogen (secondary N) is 3. The van der Waals surface area contributed by atoms with Crippen molar-refractivity contribution >= 4 is 61.9 Å². The van der Waals surface area contributed by atoms with Crippen LogP contribution in [0, 0.1) is 15.5 Å². The van der Waals surface area contributed by atoms with Crippen LogP contribution in [0.25, 0.3) is 5.57 Å². The van der Waals surface area contributed by atoms with Crippen LogP contribution in [0.3, 0.4) is 0 Å². The average Bonchev–Trinajstić information content (AvgIpc) is 3.28. The van der Waals surface area contributed by atoms with Crippen molar-refractivity contribution in [2.24, 2.45) is 5.41 Å². The molecule has 15 heteroatoms. The van der Waals surface area contributed by atoms with Crippen LogP contribution in [0.4, 0.5) is 17.1 Å². The number of likely N-dealkylation sites (tertiary alicyclic amines) is 1. The summed E-state index contributed by atoms with van der Waals surface area (Å²) in [6.45, 7) is 16.2. The number of nitrogens with zero attached hydrogens (tertiary/aromatic N) is 4. The van der Waals surface area contributed by atoms with Crippen LogP contribution in [0.15, 0.2) is 112 Å². The highest BCUT2D eigenvalue weighted by molar-refractivity contribution is 7.99. The van der Waals surface area contributed by atoms with Crippen molar-refractivity contribution in [2.45, 2.75) is 94.1 Å². The maximum Gasteiger partial charge on any atom is 0.293 e. The molecule has 0 bridgehead atoms. The molecule has 0 unspecified atom stereocenters. The van der Waals surface area contributed by atoms with Gasteiger partial charge >= 0.3 is 0 Å². The van der Waals surface area contributed by atoms with Crippen molar-refractivity contribution < 1.29 is 18.1 Å². The number of carbonyl (C=O) groups is 1. The number of nitro groups is 1. The smallest absolute Gasteiger partial charge is 0.293 e. The third-order valence-electron chi connectivity index (χ3n) is 12.9. The van der Waals surface area contributed by atoms with E-state index in [1.807, 2.05) is 54.6 Å². The van der Waals surface area contributed by atoms with Crippen LogP contribution in [-0.2, 0) is 10.0 Å². The molecule has 0 radical (unpaired) electrons. The number of hydrogen-bond donors (Lipinski definition) is 3. The molecule has 3 aliphatic rings. The van der Waals surface area contributed by atoms with E-state index in [1.54, 1.807) is 23.9 Å². The third-order valence-corrected chi connectivity index (χ3v) is 15.6. The number of carbonyl (C=O) groups excluding carboxylic acids is 1. The fraction of sp³-hybridized carbons (Fsp3) is 0.460. The summed E-state index contributed by atoms with van der Waals surface area (Å²) < 4.78 is 29.3. The summed E-state index contributed by atoms with van der Waals surface area (Å²) >= 11 is 7.88. The van der Waals surface area contributed by atoms with Crippen LogP contribution >= 0.6 is 23.4 Å². The molecule has 2 aliphatic heterocycles. The molecule has 65 heavy (non-hydrogen) atoms. The number of halogens is 1. The lowest BCUT2D eigenvalue weighted by Crippen LogP contribution is -2.47. The number of piperazine rings is 1. The Morgan fingerprint density at radius 3 is 2.26 bits per heavy atom. The number of allylic oxidation sites excluding steroid dienone is 1. The summed E-state index contributed by atoms with van der Waals surface area (Å²) in [5.74, 6) is -0.158. The Labute approximate surface area is 394 Å². The number of hydrogen-bond acceptors (Lipinski definition) is 11. The summed E-state index contributed by atoms with van der Waals surface area (Å²) in [4.78, 5) is 33.2. The highest BCUT2D eigenvalue weighted by atomic mass is 35.5. The van der Waals surface area contributed by atoms with Gasteiger partial charge in [-0.3, -0.25) is 19.8 Å². The normalized spacial score (nSPS) is 18.2. The van der Waals surface area contributed by atoms with Crippen molar-refractivity contribution in [1.29, 1.82) is 0 Å². The summed E-state index contributed by atoms with van der Waals surface area (Å²) in [6, 6.07) is 29.7. The van der Waals surface area contributed by atoms with Crippen molar-refractivity contribution in [2.75, 3.05) is 68.3 Å². The monoisotopic (exact) mass is 941 g/mol. The maximum absolute atomic E-state index is 13.6. The van der Waals surface area contributed by atoms with Gasteiger partial charge in [-0.2, -0.15) is 0 Å². The minimum Gasteiger partial charge on any atom is -0.376 e. The second-order valence-electron chi connectivity index (χ2n) is 18.8. The van der Waals surface area contributed by atoms with Gasteiger partial charge < -0.3 is 20.4 Å². The zero-order valence-corrected chi connectivity index (χ0v) is 40.5. The van der Waals surface area contributed by atoms with Crippen LogP contribution in [-0.4, -0.2) is 105 Å². The number of thioether (sulfide) groups is 1. The molecule has 2 fully saturated rings. The van der Waals surface area contributed by atoms with E-state index in [-0.39, 0.29) is 33.3 Å². The Morgan fingerprint density at radius 1 is 0.908 bits per heavy atom. The van der Waals surface area contributed by atoms with Gasteiger partial charge in [-0.05, 0) is 129 Å². The second kappa shape index (κ2) is 21.9. The standard InChI is InChI=1S/C50H64ClN7O5S2/c1-36(2)52-41-21-25-55(26-22-41)27-23-42(35-64-44-8-6-5-7-9-44)53-47-19-18-45(32-48(47)58(60)61)65(62,63)54-49(59)38-12-16-43(17-13-38)57-30-28-56(29-31-57)34-39-33-50(3,4)24-20-46(39)37-10-14-40(51)15-11-37/h5-19,32,36,41-42,52-53H,20-31,33-35H2,1-4H3,(H,54,59)/t42-/m1/s1.